The average Bonchev–Trinajstić information content (AvgIpc) is 2.67. The molecule has 0 amide bonds. The zero-order valence-corrected chi connectivity index (χ0v) is 14.1. The lowest BCUT2D eigenvalue weighted by Gasteiger charge is -2.15. The molecule has 8 heteroatoms. The molecule has 5 nitrogen and oxygen atoms in total. The first-order valence-corrected chi connectivity index (χ1v) is 7.90. The van der Waals surface area contributed by atoms with Gasteiger partial charge in [0.05, 0.1) is 16.8 Å². The van der Waals surface area contributed by atoms with E-state index in [-0.39, 0.29) is 16.9 Å². The molecular formula is C20H11F3N2O3. The third-order valence-electron chi connectivity index (χ3n) is 4.02. The van der Waals surface area contributed by atoms with Crippen LogP contribution >= 0.6 is 0 Å². The second-order valence-corrected chi connectivity index (χ2v) is 5.79. The van der Waals surface area contributed by atoms with Gasteiger partial charge in [-0.1, -0.05) is 24.3 Å². The fourth-order valence-corrected chi connectivity index (χ4v) is 2.71. The summed E-state index contributed by atoms with van der Waals surface area (Å²) in [4.78, 5) is 25.2. The van der Waals surface area contributed by atoms with Crippen molar-refractivity contribution in [1.29, 1.82) is 5.26 Å². The topological polar surface area (TPSA) is 83.1 Å². The van der Waals surface area contributed by atoms with Crippen LogP contribution in [0.5, 0.6) is 5.75 Å². The Morgan fingerprint density at radius 3 is 2.36 bits per heavy atom. The summed E-state index contributed by atoms with van der Waals surface area (Å²) in [5.74, 6) is -1.08. The highest BCUT2D eigenvalue weighted by atomic mass is 19.4. The summed E-state index contributed by atoms with van der Waals surface area (Å²) in [6.45, 7) is 0. The van der Waals surface area contributed by atoms with Gasteiger partial charge < -0.3 is 5.11 Å². The Kier molecular flexibility index (Phi) is 4.76. The molecule has 0 aliphatic heterocycles. The number of carbonyl (C=O) groups excluding carboxylic acids is 1. The molecule has 0 bridgehead atoms. The van der Waals surface area contributed by atoms with E-state index in [2.05, 4.69) is 0 Å². The molecule has 0 atom stereocenters. The second-order valence-electron chi connectivity index (χ2n) is 5.79. The SMILES string of the molecule is N#Cc1cc(C(=O)c2ccccc2O)cn(-c2ccccc2C(F)(F)F)c1=O. The number of para-hydroxylation sites is 2. The fourth-order valence-electron chi connectivity index (χ4n) is 2.71. The summed E-state index contributed by atoms with van der Waals surface area (Å²) in [5.41, 5.74) is -3.42. The van der Waals surface area contributed by atoms with Crippen molar-refractivity contribution in [1.82, 2.24) is 4.57 Å². The average molecular weight is 384 g/mol. The molecule has 0 unspecified atom stereocenters. The number of benzene rings is 2. The first kappa shape index (κ1) is 18.9. The number of phenols is 1. The molecule has 0 saturated carbocycles. The van der Waals surface area contributed by atoms with Crippen molar-refractivity contribution in [3.05, 3.63) is 93.4 Å². The van der Waals surface area contributed by atoms with Crippen LogP contribution in [0.15, 0.2) is 65.6 Å². The Morgan fingerprint density at radius 2 is 1.71 bits per heavy atom. The Bertz CT molecular complexity index is 1170. The third-order valence-corrected chi connectivity index (χ3v) is 4.02. The van der Waals surface area contributed by atoms with Gasteiger partial charge in [-0.25, -0.2) is 0 Å². The van der Waals surface area contributed by atoms with E-state index in [1.165, 1.54) is 36.4 Å². The lowest BCUT2D eigenvalue weighted by molar-refractivity contribution is -0.137. The van der Waals surface area contributed by atoms with E-state index in [0.29, 0.717) is 4.57 Å². The highest BCUT2D eigenvalue weighted by molar-refractivity contribution is 6.10. The predicted octanol–water partition coefficient (Wildman–Crippen LogP) is 3.66. The number of aromatic nitrogens is 1. The number of alkyl halides is 3. The Hall–Kier alpha value is -3.86. The molecule has 0 saturated heterocycles. The van der Waals surface area contributed by atoms with Crippen LogP contribution in [-0.2, 0) is 6.18 Å². The van der Waals surface area contributed by atoms with Gasteiger partial charge in [-0.2, -0.15) is 18.4 Å². The van der Waals surface area contributed by atoms with Gasteiger partial charge in [0.1, 0.15) is 17.4 Å². The van der Waals surface area contributed by atoms with Gasteiger partial charge >= 0.3 is 6.18 Å². The molecular weight excluding hydrogens is 373 g/mol. The molecule has 3 rings (SSSR count). The summed E-state index contributed by atoms with van der Waals surface area (Å²) in [6.07, 6.45) is -3.82. The first-order chi connectivity index (χ1) is 13.2. The maximum atomic E-state index is 13.3. The number of carbonyl (C=O) groups is 1. The predicted molar refractivity (Wildman–Crippen MR) is 93.3 cm³/mol. The van der Waals surface area contributed by atoms with Crippen molar-refractivity contribution >= 4 is 5.78 Å². The lowest BCUT2D eigenvalue weighted by Crippen LogP contribution is -2.25. The molecule has 140 valence electrons. The molecule has 0 aliphatic rings. The molecule has 0 fully saturated rings. The van der Waals surface area contributed by atoms with E-state index in [4.69, 9.17) is 0 Å². The highest BCUT2D eigenvalue weighted by Crippen LogP contribution is 2.33. The van der Waals surface area contributed by atoms with Crippen molar-refractivity contribution in [2.45, 2.75) is 6.18 Å². The smallest absolute Gasteiger partial charge is 0.418 e. The van der Waals surface area contributed by atoms with E-state index in [9.17, 15) is 33.1 Å². The Labute approximate surface area is 156 Å². The molecule has 0 radical (unpaired) electrons. The number of aromatic hydroxyl groups is 1. The number of nitriles is 1. The number of phenolic OH excluding ortho intramolecular Hbond substituents is 1. The van der Waals surface area contributed by atoms with E-state index in [1.807, 2.05) is 0 Å². The molecule has 1 heterocycles. The van der Waals surface area contributed by atoms with Gasteiger partial charge in [-0.05, 0) is 30.3 Å². The quantitative estimate of drug-likeness (QED) is 0.699. The summed E-state index contributed by atoms with van der Waals surface area (Å²) in [7, 11) is 0. The number of halogens is 3. The lowest BCUT2D eigenvalue weighted by atomic mass is 10.0. The van der Waals surface area contributed by atoms with Crippen LogP contribution < -0.4 is 5.56 Å². The minimum Gasteiger partial charge on any atom is -0.507 e. The molecule has 2 aromatic carbocycles. The van der Waals surface area contributed by atoms with Crippen LogP contribution in [0.2, 0.25) is 0 Å². The summed E-state index contributed by atoms with van der Waals surface area (Å²) < 4.78 is 40.7. The van der Waals surface area contributed by atoms with E-state index < -0.39 is 34.3 Å². The minimum absolute atomic E-state index is 0.110. The van der Waals surface area contributed by atoms with Gasteiger partial charge in [0, 0.05) is 11.8 Å². The normalized spacial score (nSPS) is 11.1. The van der Waals surface area contributed by atoms with Gasteiger partial charge in [-0.3, -0.25) is 14.2 Å². The van der Waals surface area contributed by atoms with E-state index in [1.54, 1.807) is 6.07 Å². The molecule has 0 spiro atoms. The zero-order valence-electron chi connectivity index (χ0n) is 14.1. The number of nitrogens with zero attached hydrogens (tertiary/aromatic N) is 2. The molecule has 3 aromatic rings. The van der Waals surface area contributed by atoms with Crippen LogP contribution in [0.4, 0.5) is 13.2 Å². The van der Waals surface area contributed by atoms with Gasteiger partial charge in [0.25, 0.3) is 5.56 Å². The number of pyridine rings is 1. The number of ketones is 1. The minimum atomic E-state index is -4.75. The maximum absolute atomic E-state index is 13.3. The summed E-state index contributed by atoms with van der Waals surface area (Å²) >= 11 is 0. The summed E-state index contributed by atoms with van der Waals surface area (Å²) in [6, 6.07) is 12.5. The number of rotatable bonds is 3. The molecule has 28 heavy (non-hydrogen) atoms. The van der Waals surface area contributed by atoms with Gasteiger partial charge in [0.15, 0.2) is 5.78 Å². The van der Waals surface area contributed by atoms with Crippen molar-refractivity contribution < 1.29 is 23.1 Å². The molecule has 1 aromatic heterocycles. The second kappa shape index (κ2) is 7.04. The molecule has 1 N–H and O–H groups in total. The number of hydrogen-bond acceptors (Lipinski definition) is 4. The van der Waals surface area contributed by atoms with Crippen LogP contribution in [0, 0.1) is 11.3 Å². The monoisotopic (exact) mass is 384 g/mol. The maximum Gasteiger partial charge on any atom is 0.418 e. The van der Waals surface area contributed by atoms with Crippen LogP contribution in [0.3, 0.4) is 0 Å². The number of hydrogen-bond donors (Lipinski definition) is 1. The highest BCUT2D eigenvalue weighted by Gasteiger charge is 2.34. The van der Waals surface area contributed by atoms with Crippen LogP contribution in [0.1, 0.15) is 27.0 Å². The fraction of sp³-hybridized carbons (Fsp3) is 0.0500. The summed E-state index contributed by atoms with van der Waals surface area (Å²) in [5, 5.41) is 19.1. The van der Waals surface area contributed by atoms with E-state index in [0.717, 1.165) is 24.4 Å². The van der Waals surface area contributed by atoms with Crippen molar-refractivity contribution in [2.24, 2.45) is 0 Å². The van der Waals surface area contributed by atoms with Crippen molar-refractivity contribution in [2.75, 3.05) is 0 Å². The van der Waals surface area contributed by atoms with Gasteiger partial charge in [0.2, 0.25) is 0 Å². The zero-order chi connectivity index (χ0) is 20.5. The van der Waals surface area contributed by atoms with E-state index >= 15 is 0 Å². The Morgan fingerprint density at radius 1 is 1.07 bits per heavy atom. The molecule has 0 aliphatic carbocycles. The van der Waals surface area contributed by atoms with Crippen molar-refractivity contribution in [3.8, 4) is 17.5 Å². The van der Waals surface area contributed by atoms with Crippen LogP contribution in [0.25, 0.3) is 5.69 Å². The standard InChI is InChI=1S/C20H11F3N2O3/c21-20(22,23)15-6-2-3-7-16(15)25-11-13(9-12(10-24)19(25)28)18(27)14-5-1-4-8-17(14)26/h1-9,11,26H. The van der Waals surface area contributed by atoms with Crippen LogP contribution in [-0.4, -0.2) is 15.5 Å². The van der Waals surface area contributed by atoms with Crippen molar-refractivity contribution in [3.63, 3.8) is 0 Å². The third kappa shape index (κ3) is 3.38. The first-order valence-electron chi connectivity index (χ1n) is 7.90. The van der Waals surface area contributed by atoms with Gasteiger partial charge in [-0.15, -0.1) is 0 Å². The largest absolute Gasteiger partial charge is 0.507 e. The Balaban J connectivity index is 2.28.